The molecular formula is C13H23N3OS. The first kappa shape index (κ1) is 13.9. The first-order valence-electron chi connectivity index (χ1n) is 6.66. The Kier molecular flexibility index (Phi) is 4.33. The molecule has 1 N–H and O–H groups in total. The van der Waals surface area contributed by atoms with Crippen LogP contribution in [0.2, 0.25) is 0 Å². The molecule has 4 nitrogen and oxygen atoms in total. The van der Waals surface area contributed by atoms with Crippen molar-refractivity contribution in [3.8, 4) is 0 Å². The Hall–Kier alpha value is -0.550. The summed E-state index contributed by atoms with van der Waals surface area (Å²) in [6.07, 6.45) is 2.41. The Morgan fingerprint density at radius 3 is 2.94 bits per heavy atom. The summed E-state index contributed by atoms with van der Waals surface area (Å²) in [5, 5.41) is 8.18. The summed E-state index contributed by atoms with van der Waals surface area (Å²) in [6, 6.07) is 0.191. The lowest BCUT2D eigenvalue weighted by Gasteiger charge is -2.36. The molecule has 0 bridgehead atoms. The monoisotopic (exact) mass is 269 g/mol. The molecule has 1 saturated heterocycles. The predicted molar refractivity (Wildman–Crippen MR) is 74.5 cm³/mol. The van der Waals surface area contributed by atoms with Crippen molar-refractivity contribution in [1.82, 2.24) is 15.5 Å². The summed E-state index contributed by atoms with van der Waals surface area (Å²) in [5.41, 5.74) is 0.188. The Balaban J connectivity index is 2.04. The summed E-state index contributed by atoms with van der Waals surface area (Å²) < 4.78 is 5.44. The lowest BCUT2D eigenvalue weighted by atomic mass is 9.77. The number of aromatic nitrogens is 2. The van der Waals surface area contributed by atoms with Crippen molar-refractivity contribution >= 4 is 11.8 Å². The number of piperidine rings is 1. The summed E-state index contributed by atoms with van der Waals surface area (Å²) >= 11 is 1.84. The van der Waals surface area contributed by atoms with Gasteiger partial charge >= 0.3 is 0 Å². The topological polar surface area (TPSA) is 51.0 Å². The van der Waals surface area contributed by atoms with E-state index in [9.17, 15) is 0 Å². The second kappa shape index (κ2) is 5.61. The van der Waals surface area contributed by atoms with E-state index in [1.54, 1.807) is 0 Å². The maximum absolute atomic E-state index is 5.44. The summed E-state index contributed by atoms with van der Waals surface area (Å²) in [6.45, 7) is 9.91. The van der Waals surface area contributed by atoms with Gasteiger partial charge in [0.2, 0.25) is 5.89 Å². The van der Waals surface area contributed by atoms with Crippen LogP contribution >= 0.6 is 11.8 Å². The van der Waals surface area contributed by atoms with Crippen molar-refractivity contribution in [3.05, 3.63) is 11.7 Å². The quantitative estimate of drug-likeness (QED) is 0.910. The van der Waals surface area contributed by atoms with E-state index in [1.807, 2.05) is 11.8 Å². The van der Waals surface area contributed by atoms with Crippen LogP contribution in [-0.2, 0) is 5.75 Å². The minimum atomic E-state index is 0.188. The lowest BCUT2D eigenvalue weighted by Crippen LogP contribution is -2.39. The number of nitrogens with zero attached hydrogens (tertiary/aromatic N) is 2. The predicted octanol–water partition coefficient (Wildman–Crippen LogP) is 3.16. The fourth-order valence-corrected chi connectivity index (χ4v) is 2.92. The first-order valence-corrected chi connectivity index (χ1v) is 7.71. The van der Waals surface area contributed by atoms with Crippen molar-refractivity contribution in [2.24, 2.45) is 5.41 Å². The zero-order valence-corrected chi connectivity index (χ0v) is 12.5. The van der Waals surface area contributed by atoms with Gasteiger partial charge in [0.05, 0.1) is 11.8 Å². The molecule has 1 aliphatic heterocycles. The van der Waals surface area contributed by atoms with Crippen molar-refractivity contribution in [2.45, 2.75) is 57.6 Å². The van der Waals surface area contributed by atoms with Crippen LogP contribution < -0.4 is 5.32 Å². The van der Waals surface area contributed by atoms with Gasteiger partial charge in [-0.3, -0.25) is 0 Å². The van der Waals surface area contributed by atoms with Crippen LogP contribution in [-0.4, -0.2) is 21.9 Å². The molecule has 0 aromatic carbocycles. The normalized spacial score (nSPS) is 23.5. The molecule has 0 amide bonds. The largest absolute Gasteiger partial charge is 0.338 e. The van der Waals surface area contributed by atoms with Gasteiger partial charge in [0.25, 0.3) is 0 Å². The average Bonchev–Trinajstić information content (AvgIpc) is 2.74. The van der Waals surface area contributed by atoms with E-state index in [1.165, 1.54) is 12.8 Å². The van der Waals surface area contributed by atoms with Crippen LogP contribution in [0.25, 0.3) is 0 Å². The van der Waals surface area contributed by atoms with Crippen molar-refractivity contribution in [1.29, 1.82) is 0 Å². The van der Waals surface area contributed by atoms with Gasteiger partial charge in [0.1, 0.15) is 0 Å². The molecule has 0 aliphatic carbocycles. The van der Waals surface area contributed by atoms with Gasteiger partial charge in [-0.05, 0) is 30.1 Å². The van der Waals surface area contributed by atoms with E-state index in [-0.39, 0.29) is 11.5 Å². The number of hydrogen-bond acceptors (Lipinski definition) is 5. The van der Waals surface area contributed by atoms with Crippen LogP contribution in [0.3, 0.4) is 0 Å². The summed E-state index contributed by atoms with van der Waals surface area (Å²) in [7, 11) is 0. The molecule has 1 aliphatic rings. The van der Waals surface area contributed by atoms with E-state index in [0.29, 0.717) is 5.25 Å². The zero-order chi connectivity index (χ0) is 13.2. The smallest absolute Gasteiger partial charge is 0.244 e. The zero-order valence-electron chi connectivity index (χ0n) is 11.7. The van der Waals surface area contributed by atoms with Crippen molar-refractivity contribution in [3.63, 3.8) is 0 Å². The molecule has 0 spiro atoms. The van der Waals surface area contributed by atoms with E-state index in [4.69, 9.17) is 4.52 Å². The molecule has 18 heavy (non-hydrogen) atoms. The van der Waals surface area contributed by atoms with Gasteiger partial charge in [0.15, 0.2) is 5.82 Å². The number of thioether (sulfide) groups is 1. The van der Waals surface area contributed by atoms with Gasteiger partial charge in [-0.2, -0.15) is 16.7 Å². The van der Waals surface area contributed by atoms with E-state index >= 15 is 0 Å². The van der Waals surface area contributed by atoms with Gasteiger partial charge < -0.3 is 9.84 Å². The number of rotatable bonds is 4. The molecule has 1 fully saturated rings. The maximum Gasteiger partial charge on any atom is 0.244 e. The van der Waals surface area contributed by atoms with Crippen LogP contribution in [0.4, 0.5) is 0 Å². The van der Waals surface area contributed by atoms with Crippen molar-refractivity contribution in [2.75, 3.05) is 6.54 Å². The average molecular weight is 269 g/mol. The maximum atomic E-state index is 5.44. The highest BCUT2D eigenvalue weighted by molar-refractivity contribution is 7.99. The molecule has 1 atom stereocenters. The first-order chi connectivity index (χ1) is 8.49. The Morgan fingerprint density at radius 2 is 2.28 bits per heavy atom. The Bertz CT molecular complexity index is 389. The molecule has 102 valence electrons. The van der Waals surface area contributed by atoms with Gasteiger partial charge in [0, 0.05) is 0 Å². The minimum Gasteiger partial charge on any atom is -0.338 e. The van der Waals surface area contributed by atoms with Gasteiger partial charge in [-0.15, -0.1) is 0 Å². The molecule has 2 heterocycles. The van der Waals surface area contributed by atoms with Crippen LogP contribution in [0.15, 0.2) is 4.52 Å². The van der Waals surface area contributed by atoms with E-state index in [0.717, 1.165) is 24.0 Å². The fourth-order valence-electron chi connectivity index (χ4n) is 2.32. The standard InChI is InChI=1S/C13H23N3OS/c1-9(2)18-8-10-15-12(17-16-10)11-13(3,4)6-5-7-14-11/h9,11,14H,5-8H2,1-4H3. The minimum absolute atomic E-state index is 0.188. The highest BCUT2D eigenvalue weighted by Gasteiger charge is 2.36. The molecule has 0 radical (unpaired) electrons. The molecule has 1 unspecified atom stereocenters. The van der Waals surface area contributed by atoms with Gasteiger partial charge in [-0.1, -0.05) is 32.9 Å². The highest BCUT2D eigenvalue weighted by Crippen LogP contribution is 2.39. The molecule has 0 saturated carbocycles. The molecule has 1 aromatic rings. The molecule has 2 rings (SSSR count). The fraction of sp³-hybridized carbons (Fsp3) is 0.846. The van der Waals surface area contributed by atoms with E-state index in [2.05, 4.69) is 43.2 Å². The second-order valence-corrected chi connectivity index (χ2v) is 7.45. The number of hydrogen-bond donors (Lipinski definition) is 1. The summed E-state index contributed by atoms with van der Waals surface area (Å²) in [4.78, 5) is 4.54. The van der Waals surface area contributed by atoms with Crippen LogP contribution in [0.1, 0.15) is 58.3 Å². The Labute approximate surface area is 113 Å². The molecule has 5 heteroatoms. The summed E-state index contributed by atoms with van der Waals surface area (Å²) in [5.74, 6) is 2.39. The van der Waals surface area contributed by atoms with E-state index < -0.39 is 0 Å². The number of nitrogens with one attached hydrogen (secondary N) is 1. The highest BCUT2D eigenvalue weighted by atomic mass is 32.2. The SMILES string of the molecule is CC(C)SCc1noc(C2NCCCC2(C)C)n1. The third-order valence-electron chi connectivity index (χ3n) is 3.40. The third kappa shape index (κ3) is 3.26. The lowest BCUT2D eigenvalue weighted by molar-refractivity contribution is 0.146. The second-order valence-electron chi connectivity index (χ2n) is 5.89. The van der Waals surface area contributed by atoms with Crippen LogP contribution in [0, 0.1) is 5.41 Å². The van der Waals surface area contributed by atoms with Gasteiger partial charge in [-0.25, -0.2) is 0 Å². The Morgan fingerprint density at radius 1 is 1.50 bits per heavy atom. The molecule has 1 aromatic heterocycles. The van der Waals surface area contributed by atoms with Crippen LogP contribution in [0.5, 0.6) is 0 Å². The molecular weight excluding hydrogens is 246 g/mol. The third-order valence-corrected chi connectivity index (χ3v) is 4.50. The van der Waals surface area contributed by atoms with Crippen molar-refractivity contribution < 1.29 is 4.52 Å².